The Hall–Kier alpha value is -3.07. The van der Waals surface area contributed by atoms with Gasteiger partial charge in [0.1, 0.15) is 0 Å². The van der Waals surface area contributed by atoms with Gasteiger partial charge in [-0.05, 0) is 42.8 Å². The van der Waals surface area contributed by atoms with Crippen LogP contribution in [0.25, 0.3) is 10.9 Å². The predicted molar refractivity (Wildman–Crippen MR) is 137 cm³/mol. The second-order valence-corrected chi connectivity index (χ2v) is 9.80. The van der Waals surface area contributed by atoms with Crippen molar-refractivity contribution < 1.29 is 9.53 Å². The lowest BCUT2D eigenvalue weighted by molar-refractivity contribution is -0.115. The first-order valence-electron chi connectivity index (χ1n) is 11.0. The molecule has 0 unspecified atom stereocenters. The van der Waals surface area contributed by atoms with E-state index in [0.29, 0.717) is 35.6 Å². The Labute approximate surface area is 206 Å². The molecule has 8 heteroatoms. The Kier molecular flexibility index (Phi) is 6.71. The minimum absolute atomic E-state index is 0.0592. The number of hydrogen-bond acceptors (Lipinski definition) is 6. The van der Waals surface area contributed by atoms with E-state index in [2.05, 4.69) is 0 Å². The molecule has 3 aromatic carbocycles. The Morgan fingerprint density at radius 1 is 0.971 bits per heavy atom. The third-order valence-corrected chi connectivity index (χ3v) is 7.65. The molecule has 2 heterocycles. The molecule has 0 saturated heterocycles. The normalized spacial score (nSPS) is 12.4. The van der Waals surface area contributed by atoms with Crippen molar-refractivity contribution in [2.45, 2.75) is 27.9 Å². The van der Waals surface area contributed by atoms with Crippen LogP contribution in [0.1, 0.15) is 6.42 Å². The van der Waals surface area contributed by atoms with Gasteiger partial charge in [0.25, 0.3) is 5.56 Å². The van der Waals surface area contributed by atoms with Crippen LogP contribution >= 0.6 is 23.5 Å². The number of carbonyl (C=O) groups excluding carboxylic acids is 1. The molecule has 0 spiro atoms. The summed E-state index contributed by atoms with van der Waals surface area (Å²) in [6.45, 7) is 1.02. The van der Waals surface area contributed by atoms with Crippen molar-refractivity contribution in [2.75, 3.05) is 24.4 Å². The molecule has 1 amide bonds. The van der Waals surface area contributed by atoms with Crippen LogP contribution < -0.4 is 10.5 Å². The van der Waals surface area contributed by atoms with E-state index in [4.69, 9.17) is 9.72 Å². The van der Waals surface area contributed by atoms with Crippen LogP contribution in [0.4, 0.5) is 11.4 Å². The summed E-state index contributed by atoms with van der Waals surface area (Å²) in [5.74, 6) is 0.0959. The van der Waals surface area contributed by atoms with Gasteiger partial charge in [0.2, 0.25) is 5.91 Å². The van der Waals surface area contributed by atoms with E-state index in [0.717, 1.165) is 21.2 Å². The van der Waals surface area contributed by atoms with E-state index in [9.17, 15) is 9.59 Å². The highest BCUT2D eigenvalue weighted by Gasteiger charge is 2.28. The van der Waals surface area contributed by atoms with Crippen molar-refractivity contribution in [1.29, 1.82) is 0 Å². The van der Waals surface area contributed by atoms with Crippen LogP contribution in [0, 0.1) is 0 Å². The van der Waals surface area contributed by atoms with Crippen molar-refractivity contribution in [2.24, 2.45) is 0 Å². The average molecular weight is 490 g/mol. The fourth-order valence-corrected chi connectivity index (χ4v) is 5.92. The number of methoxy groups -OCH3 is 1. The van der Waals surface area contributed by atoms with Crippen molar-refractivity contribution >= 4 is 51.7 Å². The van der Waals surface area contributed by atoms with Gasteiger partial charge in [0, 0.05) is 30.1 Å². The highest BCUT2D eigenvalue weighted by atomic mass is 32.2. The second-order valence-electron chi connectivity index (χ2n) is 7.77. The first kappa shape index (κ1) is 22.7. The fourth-order valence-electron chi connectivity index (χ4n) is 3.99. The molecule has 6 nitrogen and oxygen atoms in total. The molecule has 0 bridgehead atoms. The van der Waals surface area contributed by atoms with Crippen molar-refractivity contribution in [3.05, 3.63) is 83.2 Å². The quantitative estimate of drug-likeness (QED) is 0.198. The first-order chi connectivity index (χ1) is 16.7. The van der Waals surface area contributed by atoms with Crippen LogP contribution in [-0.4, -0.2) is 34.9 Å². The zero-order valence-corrected chi connectivity index (χ0v) is 20.3. The van der Waals surface area contributed by atoms with Gasteiger partial charge in [-0.1, -0.05) is 59.9 Å². The number of benzene rings is 3. The van der Waals surface area contributed by atoms with E-state index in [1.165, 1.54) is 11.8 Å². The number of carbonyl (C=O) groups is 1. The van der Waals surface area contributed by atoms with E-state index in [1.54, 1.807) is 34.4 Å². The summed E-state index contributed by atoms with van der Waals surface area (Å²) in [6.07, 6.45) is 0.683. The number of anilines is 2. The maximum absolute atomic E-state index is 13.6. The number of aromatic nitrogens is 2. The van der Waals surface area contributed by atoms with Gasteiger partial charge < -0.3 is 4.74 Å². The molecule has 0 aliphatic carbocycles. The summed E-state index contributed by atoms with van der Waals surface area (Å²) >= 11 is 2.96. The van der Waals surface area contributed by atoms with Gasteiger partial charge in [0.05, 0.1) is 28.0 Å². The Morgan fingerprint density at radius 3 is 2.32 bits per heavy atom. The smallest absolute Gasteiger partial charge is 0.262 e. The molecule has 0 atom stereocenters. The minimum atomic E-state index is -0.0956. The summed E-state index contributed by atoms with van der Waals surface area (Å²) in [6, 6.07) is 23.2. The molecule has 1 aromatic heterocycles. The van der Waals surface area contributed by atoms with Crippen molar-refractivity contribution in [1.82, 2.24) is 9.55 Å². The number of thioether (sulfide) groups is 1. The highest BCUT2D eigenvalue weighted by Crippen LogP contribution is 2.48. The lowest BCUT2D eigenvalue weighted by Crippen LogP contribution is -2.30. The molecule has 0 saturated carbocycles. The standard InChI is InChI=1S/C26H23N3O3S2/c1-32-16-8-15-28-25(31)18-9-2-3-10-19(18)27-26(28)33-17-24(30)29-20-11-4-6-13-22(20)34-23-14-7-5-12-21(23)29/h2-7,9-14H,8,15-17H2,1H3. The van der Waals surface area contributed by atoms with Gasteiger partial charge in [-0.25, -0.2) is 4.98 Å². The fraction of sp³-hybridized carbons (Fsp3) is 0.192. The van der Waals surface area contributed by atoms with Gasteiger partial charge in [0.15, 0.2) is 5.16 Å². The van der Waals surface area contributed by atoms with Gasteiger partial charge in [-0.2, -0.15) is 0 Å². The maximum Gasteiger partial charge on any atom is 0.262 e. The lowest BCUT2D eigenvalue weighted by Gasteiger charge is -2.31. The zero-order valence-electron chi connectivity index (χ0n) is 18.6. The molecule has 0 N–H and O–H groups in total. The third kappa shape index (κ3) is 4.36. The number of amides is 1. The van der Waals surface area contributed by atoms with Crippen LogP contribution in [0.2, 0.25) is 0 Å². The topological polar surface area (TPSA) is 64.4 Å². The molecule has 5 rings (SSSR count). The van der Waals surface area contributed by atoms with Crippen LogP contribution in [0.3, 0.4) is 0 Å². The summed E-state index contributed by atoms with van der Waals surface area (Å²) in [5.41, 5.74) is 2.29. The monoisotopic (exact) mass is 489 g/mol. The highest BCUT2D eigenvalue weighted by molar-refractivity contribution is 8.00. The van der Waals surface area contributed by atoms with Gasteiger partial charge >= 0.3 is 0 Å². The van der Waals surface area contributed by atoms with Crippen LogP contribution in [0.15, 0.2) is 92.5 Å². The largest absolute Gasteiger partial charge is 0.385 e. The van der Waals surface area contributed by atoms with Crippen molar-refractivity contribution in [3.8, 4) is 0 Å². The number of ether oxygens (including phenoxy) is 1. The Bertz CT molecular complexity index is 1370. The maximum atomic E-state index is 13.6. The first-order valence-corrected chi connectivity index (χ1v) is 12.8. The van der Waals surface area contributed by atoms with E-state index >= 15 is 0 Å². The molecule has 4 aromatic rings. The predicted octanol–water partition coefficient (Wildman–Crippen LogP) is 5.35. The second kappa shape index (κ2) is 10.0. The number of nitrogens with zero attached hydrogens (tertiary/aromatic N) is 3. The van der Waals surface area contributed by atoms with Crippen LogP contribution in [-0.2, 0) is 16.1 Å². The third-order valence-electron chi connectivity index (χ3n) is 5.56. The number of fused-ring (bicyclic) bond motifs is 3. The van der Waals surface area contributed by atoms with Gasteiger partial charge in [-0.15, -0.1) is 0 Å². The summed E-state index contributed by atoms with van der Waals surface area (Å²) in [4.78, 5) is 35.4. The molecule has 1 aliphatic heterocycles. The minimum Gasteiger partial charge on any atom is -0.385 e. The summed E-state index contributed by atoms with van der Waals surface area (Å²) < 4.78 is 6.83. The van der Waals surface area contributed by atoms with E-state index < -0.39 is 0 Å². The molecule has 172 valence electrons. The molecular weight excluding hydrogens is 466 g/mol. The molecule has 0 fully saturated rings. The van der Waals surface area contributed by atoms with Crippen molar-refractivity contribution in [3.63, 3.8) is 0 Å². The van der Waals surface area contributed by atoms with E-state index in [1.807, 2.05) is 66.7 Å². The number of para-hydroxylation sites is 3. The SMILES string of the molecule is COCCCn1c(SCC(=O)N2c3ccccc3Sc3ccccc32)nc2ccccc2c1=O. The number of hydrogen-bond donors (Lipinski definition) is 0. The molecule has 0 radical (unpaired) electrons. The number of rotatable bonds is 7. The molecular formula is C26H23N3O3S2. The van der Waals surface area contributed by atoms with E-state index in [-0.39, 0.29) is 17.2 Å². The summed E-state index contributed by atoms with van der Waals surface area (Å²) in [7, 11) is 1.64. The van der Waals surface area contributed by atoms with Gasteiger partial charge in [-0.3, -0.25) is 19.1 Å². The lowest BCUT2D eigenvalue weighted by atomic mass is 10.2. The average Bonchev–Trinajstić information content (AvgIpc) is 2.87. The Balaban J connectivity index is 1.47. The van der Waals surface area contributed by atoms with Crippen LogP contribution in [0.5, 0.6) is 0 Å². The Morgan fingerprint density at radius 2 is 1.62 bits per heavy atom. The zero-order chi connectivity index (χ0) is 23.5. The molecule has 1 aliphatic rings. The molecule has 34 heavy (non-hydrogen) atoms. The summed E-state index contributed by atoms with van der Waals surface area (Å²) in [5, 5.41) is 1.12.